The number of nitrogens with two attached hydrogens (primary N) is 1. The van der Waals surface area contributed by atoms with E-state index < -0.39 is 78.4 Å². The van der Waals surface area contributed by atoms with Gasteiger partial charge in [-0.25, -0.2) is 9.78 Å². The Morgan fingerprint density at radius 1 is 0.846 bits per heavy atom. The zero-order valence-corrected chi connectivity index (χ0v) is 28.5. The van der Waals surface area contributed by atoms with Gasteiger partial charge >= 0.3 is 5.97 Å². The summed E-state index contributed by atoms with van der Waals surface area (Å²) in [6, 6.07) is 7.44. The van der Waals surface area contributed by atoms with E-state index in [2.05, 4.69) is 31.2 Å². The van der Waals surface area contributed by atoms with Gasteiger partial charge in [0.25, 0.3) is 0 Å². The molecule has 6 unspecified atom stereocenters. The van der Waals surface area contributed by atoms with Crippen LogP contribution in [0.25, 0.3) is 0 Å². The van der Waals surface area contributed by atoms with Gasteiger partial charge in [-0.05, 0) is 43.0 Å². The van der Waals surface area contributed by atoms with E-state index in [0.717, 1.165) is 0 Å². The van der Waals surface area contributed by atoms with Crippen molar-refractivity contribution < 1.29 is 44.1 Å². The Morgan fingerprint density at radius 3 is 2.04 bits per heavy atom. The van der Waals surface area contributed by atoms with Gasteiger partial charge in [0.05, 0.1) is 12.9 Å². The van der Waals surface area contributed by atoms with Crippen LogP contribution in [0.3, 0.4) is 0 Å². The molecule has 1 aliphatic rings. The topological polar surface area (TPSA) is 269 Å². The molecule has 2 aromatic carbocycles. The Bertz CT molecular complexity index is 1690. The standard InChI is InChI=1S/C35H44N8O9/c1-20(39-32(48)26(41-31(47)25(36)18-44)15-22-9-11-24(45)12-10-22)30(46)40-27(14-21-6-3-2-4-7-21)33(49)42-28(16-23-17-37-19-38-23)34(50)43-13-5-8-29(43)35(51)52/h2-4,6-7,9-12,17,19-20,25-29,44-45H,5,8,13-16,18,36H2,1H3,(H,37,38)(H,39,48)(H,40,46)(H,41,47)(H,42,49)(H,51,52). The van der Waals surface area contributed by atoms with Crippen LogP contribution in [-0.4, -0.2) is 115 Å². The predicted octanol–water partition coefficient (Wildman–Crippen LogP) is -1.50. The number of hydrogen-bond acceptors (Lipinski definition) is 10. The second-order valence-electron chi connectivity index (χ2n) is 12.6. The summed E-state index contributed by atoms with van der Waals surface area (Å²) in [4.78, 5) is 87.1. The highest BCUT2D eigenvalue weighted by Gasteiger charge is 2.39. The maximum atomic E-state index is 13.9. The molecule has 17 nitrogen and oxygen atoms in total. The summed E-state index contributed by atoms with van der Waals surface area (Å²) in [7, 11) is 0. The van der Waals surface area contributed by atoms with Gasteiger partial charge in [0.1, 0.15) is 42.0 Å². The number of imidazole rings is 1. The van der Waals surface area contributed by atoms with Crippen LogP contribution in [0.15, 0.2) is 67.1 Å². The summed E-state index contributed by atoms with van der Waals surface area (Å²) in [5.74, 6) is -4.80. The molecule has 0 saturated carbocycles. The van der Waals surface area contributed by atoms with E-state index >= 15 is 0 Å². The number of carbonyl (C=O) groups excluding carboxylic acids is 5. The molecule has 0 bridgehead atoms. The minimum Gasteiger partial charge on any atom is -0.508 e. The summed E-state index contributed by atoms with van der Waals surface area (Å²) in [5, 5.41) is 39.0. The van der Waals surface area contributed by atoms with Crippen LogP contribution in [0.2, 0.25) is 0 Å². The van der Waals surface area contributed by atoms with Gasteiger partial charge in [0.2, 0.25) is 29.5 Å². The monoisotopic (exact) mass is 720 g/mol. The van der Waals surface area contributed by atoms with Gasteiger partial charge in [-0.3, -0.25) is 24.0 Å². The number of aromatic amines is 1. The van der Waals surface area contributed by atoms with Crippen molar-refractivity contribution in [2.75, 3.05) is 13.2 Å². The number of phenolic OH excluding ortho intramolecular Hbond substituents is 1. The van der Waals surface area contributed by atoms with Crippen molar-refractivity contribution in [3.8, 4) is 5.75 Å². The first-order valence-electron chi connectivity index (χ1n) is 16.8. The third-order valence-corrected chi connectivity index (χ3v) is 8.62. The highest BCUT2D eigenvalue weighted by atomic mass is 16.4. The molecular weight excluding hydrogens is 676 g/mol. The number of carbonyl (C=O) groups is 6. The first-order chi connectivity index (χ1) is 24.9. The first-order valence-corrected chi connectivity index (χ1v) is 16.8. The molecule has 17 heteroatoms. The molecule has 278 valence electrons. The Hall–Kier alpha value is -5.81. The van der Waals surface area contributed by atoms with Crippen molar-refractivity contribution in [3.05, 3.63) is 83.9 Å². The van der Waals surface area contributed by atoms with E-state index in [4.69, 9.17) is 5.73 Å². The fourth-order valence-corrected chi connectivity index (χ4v) is 5.75. The highest BCUT2D eigenvalue weighted by Crippen LogP contribution is 2.20. The summed E-state index contributed by atoms with van der Waals surface area (Å²) < 4.78 is 0. The van der Waals surface area contributed by atoms with Crippen molar-refractivity contribution in [2.24, 2.45) is 5.73 Å². The fourth-order valence-electron chi connectivity index (χ4n) is 5.75. The summed E-state index contributed by atoms with van der Waals surface area (Å²) in [6.07, 6.45) is 3.57. The molecule has 6 atom stereocenters. The second kappa shape index (κ2) is 18.4. The first kappa shape index (κ1) is 39.0. The number of amides is 5. The van der Waals surface area contributed by atoms with Gasteiger partial charge in [-0.2, -0.15) is 0 Å². The third-order valence-electron chi connectivity index (χ3n) is 8.62. The maximum Gasteiger partial charge on any atom is 0.326 e. The summed E-state index contributed by atoms with van der Waals surface area (Å²) in [6.45, 7) is 0.913. The number of phenols is 1. The number of nitrogens with zero attached hydrogens (tertiary/aromatic N) is 2. The SMILES string of the molecule is CC(NC(=O)C(Cc1ccc(O)cc1)NC(=O)C(N)CO)C(=O)NC(Cc1ccccc1)C(=O)NC(Cc1cnc[nH]1)C(=O)N1CCCC1C(=O)O. The number of carboxylic acids is 1. The van der Waals surface area contributed by atoms with Crippen molar-refractivity contribution in [3.63, 3.8) is 0 Å². The predicted molar refractivity (Wildman–Crippen MR) is 185 cm³/mol. The molecule has 1 aliphatic heterocycles. The Balaban J connectivity index is 1.52. The van der Waals surface area contributed by atoms with Crippen molar-refractivity contribution >= 4 is 35.5 Å². The lowest BCUT2D eigenvalue weighted by Crippen LogP contribution is -2.59. The number of carboxylic acid groups (broad SMARTS) is 1. The summed E-state index contributed by atoms with van der Waals surface area (Å²) >= 11 is 0. The van der Waals surface area contributed by atoms with Crippen LogP contribution in [0.1, 0.15) is 36.6 Å². The smallest absolute Gasteiger partial charge is 0.326 e. The number of H-pyrrole nitrogens is 1. The molecular formula is C35H44N8O9. The van der Waals surface area contributed by atoms with E-state index in [9.17, 15) is 44.1 Å². The molecule has 4 rings (SSSR count). The van der Waals surface area contributed by atoms with E-state index in [0.29, 0.717) is 23.2 Å². The van der Waals surface area contributed by atoms with Crippen LogP contribution < -0.4 is 27.0 Å². The van der Waals surface area contributed by atoms with E-state index in [1.807, 2.05) is 0 Å². The van der Waals surface area contributed by atoms with Gasteiger partial charge in [0.15, 0.2) is 0 Å². The van der Waals surface area contributed by atoms with E-state index in [-0.39, 0.29) is 38.0 Å². The van der Waals surface area contributed by atoms with Gasteiger partial charge < -0.3 is 52.2 Å². The average Bonchev–Trinajstić information content (AvgIpc) is 3.84. The largest absolute Gasteiger partial charge is 0.508 e. The molecule has 1 aromatic heterocycles. The van der Waals surface area contributed by atoms with E-state index in [1.54, 1.807) is 42.5 Å². The number of aliphatic carboxylic acids is 1. The van der Waals surface area contributed by atoms with Gasteiger partial charge in [0, 0.05) is 37.7 Å². The summed E-state index contributed by atoms with van der Waals surface area (Å²) in [5.41, 5.74) is 7.39. The number of benzene rings is 2. The number of rotatable bonds is 17. The minimum absolute atomic E-state index is 0.00406. The van der Waals surface area contributed by atoms with Crippen molar-refractivity contribution in [2.45, 2.75) is 75.3 Å². The van der Waals surface area contributed by atoms with Gasteiger partial charge in [-0.1, -0.05) is 42.5 Å². The number of hydrogen-bond donors (Lipinski definition) is 9. The third kappa shape index (κ3) is 10.8. The quantitative estimate of drug-likeness (QED) is 0.0774. The molecule has 52 heavy (non-hydrogen) atoms. The molecule has 10 N–H and O–H groups in total. The Kier molecular flexibility index (Phi) is 13.8. The number of aliphatic hydroxyl groups excluding tert-OH is 1. The number of aromatic hydroxyl groups is 1. The molecule has 5 amide bonds. The lowest BCUT2D eigenvalue weighted by atomic mass is 10.0. The van der Waals surface area contributed by atoms with Crippen LogP contribution >= 0.6 is 0 Å². The Morgan fingerprint density at radius 2 is 1.44 bits per heavy atom. The molecule has 1 fully saturated rings. The number of likely N-dealkylation sites (tertiary alicyclic amines) is 1. The average molecular weight is 721 g/mol. The molecule has 0 aliphatic carbocycles. The number of nitrogens with one attached hydrogen (secondary N) is 5. The van der Waals surface area contributed by atoms with Gasteiger partial charge in [-0.15, -0.1) is 0 Å². The second-order valence-corrected chi connectivity index (χ2v) is 12.6. The molecule has 0 radical (unpaired) electrons. The molecule has 2 heterocycles. The Labute approximate surface area is 299 Å². The zero-order chi connectivity index (χ0) is 37.8. The fraction of sp³-hybridized carbons (Fsp3) is 0.400. The van der Waals surface area contributed by atoms with Crippen molar-refractivity contribution in [1.29, 1.82) is 0 Å². The number of aliphatic hydroxyl groups is 1. The van der Waals surface area contributed by atoms with Crippen LogP contribution in [-0.2, 0) is 48.0 Å². The van der Waals surface area contributed by atoms with Crippen LogP contribution in [0, 0.1) is 0 Å². The van der Waals surface area contributed by atoms with Crippen molar-refractivity contribution in [1.82, 2.24) is 36.1 Å². The molecule has 0 spiro atoms. The highest BCUT2D eigenvalue weighted by molar-refractivity contribution is 5.96. The zero-order valence-electron chi connectivity index (χ0n) is 28.5. The lowest BCUT2D eigenvalue weighted by molar-refractivity contribution is -0.149. The lowest BCUT2D eigenvalue weighted by Gasteiger charge is -2.29. The van der Waals surface area contributed by atoms with Crippen LogP contribution in [0.5, 0.6) is 5.75 Å². The maximum absolute atomic E-state index is 13.9. The van der Waals surface area contributed by atoms with E-state index in [1.165, 1.54) is 36.5 Å². The minimum atomic E-state index is -1.31. The molecule has 1 saturated heterocycles. The molecule has 3 aromatic rings. The normalized spacial score (nSPS) is 16.8. The van der Waals surface area contributed by atoms with Crippen LogP contribution in [0.4, 0.5) is 0 Å². The number of aromatic nitrogens is 2.